The maximum absolute atomic E-state index is 11.1. The maximum atomic E-state index is 11.1. The standard InChI is InChI=1S/C8H12O4/c1-2-12-8(10)6-5-11-4-3-7(6)9/h6H,2-5H2,1H3/t6-/m1/s1. The van der Waals surface area contributed by atoms with Crippen LogP contribution in [0.3, 0.4) is 0 Å². The highest BCUT2D eigenvalue weighted by molar-refractivity contribution is 5.99. The number of ether oxygens (including phenoxy) is 2. The molecule has 1 rings (SSSR count). The highest BCUT2D eigenvalue weighted by Gasteiger charge is 2.30. The Morgan fingerprint density at radius 1 is 1.75 bits per heavy atom. The van der Waals surface area contributed by atoms with Crippen LogP contribution in [0, 0.1) is 5.92 Å². The lowest BCUT2D eigenvalue weighted by molar-refractivity contribution is -0.157. The second kappa shape index (κ2) is 4.21. The molecular formula is C8H12O4. The number of hydrogen-bond acceptors (Lipinski definition) is 4. The Morgan fingerprint density at radius 3 is 3.08 bits per heavy atom. The van der Waals surface area contributed by atoms with Crippen molar-refractivity contribution in [3.8, 4) is 0 Å². The molecule has 12 heavy (non-hydrogen) atoms. The molecule has 1 fully saturated rings. The molecule has 0 N–H and O–H groups in total. The van der Waals surface area contributed by atoms with Crippen LogP contribution in [0.15, 0.2) is 0 Å². The number of esters is 1. The van der Waals surface area contributed by atoms with E-state index < -0.39 is 11.9 Å². The number of hydrogen-bond donors (Lipinski definition) is 0. The summed E-state index contributed by atoms with van der Waals surface area (Å²) >= 11 is 0. The summed E-state index contributed by atoms with van der Waals surface area (Å²) in [6, 6.07) is 0. The minimum absolute atomic E-state index is 0.0697. The largest absolute Gasteiger partial charge is 0.465 e. The molecule has 0 radical (unpaired) electrons. The molecule has 0 aromatic rings. The highest BCUT2D eigenvalue weighted by Crippen LogP contribution is 2.11. The van der Waals surface area contributed by atoms with Gasteiger partial charge in [0, 0.05) is 6.42 Å². The zero-order valence-corrected chi connectivity index (χ0v) is 7.04. The van der Waals surface area contributed by atoms with Gasteiger partial charge in [-0.1, -0.05) is 0 Å². The minimum Gasteiger partial charge on any atom is -0.465 e. The van der Waals surface area contributed by atoms with Gasteiger partial charge in [-0.05, 0) is 6.92 Å². The average Bonchev–Trinajstić information content (AvgIpc) is 2.05. The summed E-state index contributed by atoms with van der Waals surface area (Å²) in [6.45, 7) is 2.63. The van der Waals surface area contributed by atoms with E-state index >= 15 is 0 Å². The van der Waals surface area contributed by atoms with Gasteiger partial charge in [-0.2, -0.15) is 0 Å². The first-order valence-electron chi connectivity index (χ1n) is 4.02. The van der Waals surface area contributed by atoms with Crippen LogP contribution in [-0.4, -0.2) is 31.6 Å². The minimum atomic E-state index is -0.682. The van der Waals surface area contributed by atoms with Crippen LogP contribution in [0.2, 0.25) is 0 Å². The fourth-order valence-electron chi connectivity index (χ4n) is 1.08. The number of carbonyl (C=O) groups excluding carboxylic acids is 2. The molecule has 0 spiro atoms. The summed E-state index contributed by atoms with van der Waals surface area (Å²) in [4.78, 5) is 22.2. The third-order valence-electron chi connectivity index (χ3n) is 1.74. The Labute approximate surface area is 70.8 Å². The molecule has 4 heteroatoms. The van der Waals surface area contributed by atoms with Gasteiger partial charge in [-0.25, -0.2) is 0 Å². The lowest BCUT2D eigenvalue weighted by Crippen LogP contribution is -2.35. The molecule has 1 heterocycles. The molecular weight excluding hydrogens is 160 g/mol. The summed E-state index contributed by atoms with van der Waals surface area (Å²) in [7, 11) is 0. The van der Waals surface area contributed by atoms with Crippen molar-refractivity contribution in [1.29, 1.82) is 0 Å². The normalized spacial score (nSPS) is 23.8. The molecule has 1 atom stereocenters. The predicted molar refractivity (Wildman–Crippen MR) is 40.6 cm³/mol. The van der Waals surface area contributed by atoms with E-state index in [0.717, 1.165) is 0 Å². The maximum Gasteiger partial charge on any atom is 0.318 e. The van der Waals surface area contributed by atoms with E-state index in [4.69, 9.17) is 9.47 Å². The van der Waals surface area contributed by atoms with Crippen molar-refractivity contribution in [2.24, 2.45) is 5.92 Å². The van der Waals surface area contributed by atoms with Crippen molar-refractivity contribution in [2.45, 2.75) is 13.3 Å². The fourth-order valence-corrected chi connectivity index (χ4v) is 1.08. The Kier molecular flexibility index (Phi) is 3.22. The second-order valence-electron chi connectivity index (χ2n) is 2.60. The van der Waals surface area contributed by atoms with Gasteiger partial charge in [0.25, 0.3) is 0 Å². The summed E-state index contributed by atoms with van der Waals surface area (Å²) in [5.41, 5.74) is 0. The first-order valence-corrected chi connectivity index (χ1v) is 4.02. The molecule has 68 valence electrons. The highest BCUT2D eigenvalue weighted by atomic mass is 16.5. The SMILES string of the molecule is CCOC(=O)[C@@H]1COCCC1=O. The first kappa shape index (κ1) is 9.19. The topological polar surface area (TPSA) is 52.6 Å². The number of carbonyl (C=O) groups is 2. The van der Waals surface area contributed by atoms with E-state index in [2.05, 4.69) is 0 Å². The molecule has 1 aliphatic heterocycles. The van der Waals surface area contributed by atoms with Crippen LogP contribution < -0.4 is 0 Å². The zero-order chi connectivity index (χ0) is 8.97. The third-order valence-corrected chi connectivity index (χ3v) is 1.74. The van der Waals surface area contributed by atoms with E-state index in [-0.39, 0.29) is 12.4 Å². The average molecular weight is 172 g/mol. The van der Waals surface area contributed by atoms with Gasteiger partial charge in [0.15, 0.2) is 5.78 Å². The van der Waals surface area contributed by atoms with Crippen LogP contribution >= 0.6 is 0 Å². The molecule has 0 amide bonds. The van der Waals surface area contributed by atoms with Crippen LogP contribution in [0.1, 0.15) is 13.3 Å². The van der Waals surface area contributed by atoms with Crippen LogP contribution in [-0.2, 0) is 19.1 Å². The van der Waals surface area contributed by atoms with Gasteiger partial charge in [-0.15, -0.1) is 0 Å². The second-order valence-corrected chi connectivity index (χ2v) is 2.60. The van der Waals surface area contributed by atoms with Gasteiger partial charge in [0.05, 0.1) is 19.8 Å². The Balaban J connectivity index is 2.48. The van der Waals surface area contributed by atoms with Crippen molar-refractivity contribution >= 4 is 11.8 Å². The molecule has 0 aliphatic carbocycles. The van der Waals surface area contributed by atoms with Crippen molar-refractivity contribution in [2.75, 3.05) is 19.8 Å². The molecule has 0 bridgehead atoms. The molecule has 1 saturated heterocycles. The summed E-state index contributed by atoms with van der Waals surface area (Å²) < 4.78 is 9.71. The van der Waals surface area contributed by atoms with E-state index in [1.807, 2.05) is 0 Å². The predicted octanol–water partition coefficient (Wildman–Crippen LogP) is 0.155. The van der Waals surface area contributed by atoms with Gasteiger partial charge >= 0.3 is 5.97 Å². The van der Waals surface area contributed by atoms with E-state index in [9.17, 15) is 9.59 Å². The van der Waals surface area contributed by atoms with Gasteiger partial charge in [0.1, 0.15) is 5.92 Å². The summed E-state index contributed by atoms with van der Waals surface area (Å²) in [5.74, 6) is -1.21. The number of Topliss-reactive ketones (excluding diaryl/α,β-unsaturated/α-hetero) is 1. The first-order chi connectivity index (χ1) is 5.75. The summed E-state index contributed by atoms with van der Waals surface area (Å²) in [6.07, 6.45) is 0.323. The van der Waals surface area contributed by atoms with Crippen molar-refractivity contribution < 1.29 is 19.1 Å². The smallest absolute Gasteiger partial charge is 0.318 e. The van der Waals surface area contributed by atoms with E-state index in [1.54, 1.807) is 6.92 Å². The van der Waals surface area contributed by atoms with Gasteiger partial charge < -0.3 is 9.47 Å². The lowest BCUT2D eigenvalue weighted by Gasteiger charge is -2.18. The van der Waals surface area contributed by atoms with Gasteiger partial charge in [0.2, 0.25) is 0 Å². The molecule has 0 aromatic carbocycles. The van der Waals surface area contributed by atoms with Crippen molar-refractivity contribution in [3.63, 3.8) is 0 Å². The van der Waals surface area contributed by atoms with E-state index in [1.165, 1.54) is 0 Å². The van der Waals surface area contributed by atoms with Crippen LogP contribution in [0.25, 0.3) is 0 Å². The van der Waals surface area contributed by atoms with E-state index in [0.29, 0.717) is 19.6 Å². The Morgan fingerprint density at radius 2 is 2.50 bits per heavy atom. The monoisotopic (exact) mass is 172 g/mol. The Bertz CT molecular complexity index is 187. The van der Waals surface area contributed by atoms with Gasteiger partial charge in [-0.3, -0.25) is 9.59 Å². The third kappa shape index (κ3) is 2.04. The molecule has 0 saturated carbocycles. The van der Waals surface area contributed by atoms with Crippen molar-refractivity contribution in [3.05, 3.63) is 0 Å². The molecule has 0 aromatic heterocycles. The Hall–Kier alpha value is -0.900. The fraction of sp³-hybridized carbons (Fsp3) is 0.750. The number of ketones is 1. The summed E-state index contributed by atoms with van der Waals surface area (Å²) in [5, 5.41) is 0. The zero-order valence-electron chi connectivity index (χ0n) is 7.04. The molecule has 4 nitrogen and oxygen atoms in total. The van der Waals surface area contributed by atoms with Crippen molar-refractivity contribution in [1.82, 2.24) is 0 Å². The van der Waals surface area contributed by atoms with Crippen LogP contribution in [0.4, 0.5) is 0 Å². The quantitative estimate of drug-likeness (QED) is 0.439. The molecule has 1 aliphatic rings. The molecule has 0 unspecified atom stereocenters. The van der Waals surface area contributed by atoms with Crippen LogP contribution in [0.5, 0.6) is 0 Å². The number of rotatable bonds is 2. The lowest BCUT2D eigenvalue weighted by atomic mass is 10.0.